The third-order valence-corrected chi connectivity index (χ3v) is 5.39. The molecule has 0 aromatic rings. The molecular weight excluding hydrogens is 384 g/mol. The van der Waals surface area contributed by atoms with Crippen molar-refractivity contribution in [2.45, 2.75) is 58.9 Å². The van der Waals surface area contributed by atoms with Crippen molar-refractivity contribution in [1.82, 2.24) is 20.4 Å². The summed E-state index contributed by atoms with van der Waals surface area (Å²) in [4.78, 5) is 28.4. The minimum atomic E-state index is -0.372. The van der Waals surface area contributed by atoms with Crippen molar-refractivity contribution >= 4 is 12.2 Å². The van der Waals surface area contributed by atoms with E-state index in [1.54, 1.807) is 0 Å². The predicted molar refractivity (Wildman–Crippen MR) is 120 cm³/mol. The van der Waals surface area contributed by atoms with Crippen LogP contribution in [0.2, 0.25) is 0 Å². The topological polar surface area (TPSA) is 83.1 Å². The summed E-state index contributed by atoms with van der Waals surface area (Å²) in [5.41, 5.74) is -0.0551. The molecule has 1 aliphatic carbocycles. The van der Waals surface area contributed by atoms with Gasteiger partial charge in [-0.25, -0.2) is 9.59 Å². The molecule has 0 heterocycles. The van der Waals surface area contributed by atoms with Crippen LogP contribution in [0.5, 0.6) is 0 Å². The summed E-state index contributed by atoms with van der Waals surface area (Å²) in [5.74, 6) is 0. The lowest BCUT2D eigenvalue weighted by atomic mass is 9.62. The lowest BCUT2D eigenvalue weighted by molar-refractivity contribution is 0.0619. The van der Waals surface area contributed by atoms with Crippen LogP contribution in [-0.2, 0) is 9.47 Å². The number of hydrogen-bond donors (Lipinski definition) is 2. The van der Waals surface area contributed by atoms with Crippen LogP contribution in [-0.4, -0.2) is 89.1 Å². The Balaban J connectivity index is 2.45. The fourth-order valence-corrected chi connectivity index (χ4v) is 4.51. The van der Waals surface area contributed by atoms with Crippen LogP contribution in [0, 0.1) is 10.8 Å². The first-order chi connectivity index (χ1) is 13.9. The first-order valence-electron chi connectivity index (χ1n) is 11.0. The Hall–Kier alpha value is -1.54. The van der Waals surface area contributed by atoms with Gasteiger partial charge in [-0.3, -0.25) is 0 Å². The molecule has 0 bridgehead atoms. The van der Waals surface area contributed by atoms with Gasteiger partial charge in [0.15, 0.2) is 0 Å². The number of amides is 2. The second-order valence-electron chi connectivity index (χ2n) is 10.3. The zero-order chi connectivity index (χ0) is 22.8. The molecule has 2 N–H and O–H groups in total. The highest BCUT2D eigenvalue weighted by Gasteiger charge is 2.42. The number of rotatable bonds is 11. The Morgan fingerprint density at radius 1 is 0.900 bits per heavy atom. The van der Waals surface area contributed by atoms with Crippen molar-refractivity contribution in [2.75, 3.05) is 61.0 Å². The molecule has 0 aromatic carbocycles. The van der Waals surface area contributed by atoms with Crippen LogP contribution in [0.25, 0.3) is 0 Å². The van der Waals surface area contributed by atoms with Crippen molar-refractivity contribution in [3.8, 4) is 0 Å². The lowest BCUT2D eigenvalue weighted by Crippen LogP contribution is -2.50. The van der Waals surface area contributed by atoms with Gasteiger partial charge < -0.3 is 29.9 Å². The fraction of sp³-hybridized carbons (Fsp3) is 0.909. The van der Waals surface area contributed by atoms with E-state index in [0.717, 1.165) is 45.2 Å². The Morgan fingerprint density at radius 2 is 1.43 bits per heavy atom. The molecule has 0 spiro atoms. The van der Waals surface area contributed by atoms with Crippen LogP contribution < -0.4 is 10.6 Å². The lowest BCUT2D eigenvalue weighted by Gasteiger charge is -2.46. The molecule has 0 saturated heterocycles. The van der Waals surface area contributed by atoms with Crippen molar-refractivity contribution < 1.29 is 19.1 Å². The minimum Gasteiger partial charge on any atom is -0.450 e. The number of nitrogens with zero attached hydrogens (tertiary/aromatic N) is 2. The number of carbonyl (C=O) groups excluding carboxylic acids is 2. The second kappa shape index (κ2) is 12.3. The molecule has 1 saturated carbocycles. The van der Waals surface area contributed by atoms with Gasteiger partial charge in [-0.05, 0) is 71.1 Å². The Labute approximate surface area is 183 Å². The summed E-state index contributed by atoms with van der Waals surface area (Å²) in [6.45, 7) is 9.71. The predicted octanol–water partition coefficient (Wildman–Crippen LogP) is 2.93. The molecule has 0 aliphatic heterocycles. The third kappa shape index (κ3) is 11.6. The van der Waals surface area contributed by atoms with E-state index < -0.39 is 0 Å². The van der Waals surface area contributed by atoms with E-state index in [0.29, 0.717) is 19.8 Å². The standard InChI is InChI=1S/C22H44N4O4/c1-21(2)14-18(24-20(28)30-13-9-11-26(6)7)15-22(3,16-21)17-23-19(27)29-12-8-10-25(4)5/h18H,8-17H2,1-7H3,(H,23,27)(H,24,28). The Bertz CT molecular complexity index is 539. The van der Waals surface area contributed by atoms with Crippen LogP contribution in [0.15, 0.2) is 0 Å². The summed E-state index contributed by atoms with van der Waals surface area (Å²) < 4.78 is 10.6. The zero-order valence-electron chi connectivity index (χ0n) is 20.2. The third-order valence-electron chi connectivity index (χ3n) is 5.39. The summed E-state index contributed by atoms with van der Waals surface area (Å²) >= 11 is 0. The number of hydrogen-bond acceptors (Lipinski definition) is 6. The van der Waals surface area contributed by atoms with Gasteiger partial charge in [-0.1, -0.05) is 20.8 Å². The minimum absolute atomic E-state index is 0.0259. The van der Waals surface area contributed by atoms with Gasteiger partial charge in [0, 0.05) is 25.7 Å². The van der Waals surface area contributed by atoms with E-state index >= 15 is 0 Å². The molecule has 30 heavy (non-hydrogen) atoms. The van der Waals surface area contributed by atoms with Gasteiger partial charge in [0.1, 0.15) is 0 Å². The SMILES string of the molecule is CN(C)CCCOC(=O)NCC1(C)CC(NC(=O)OCCCN(C)C)CC(C)(C)C1. The molecule has 176 valence electrons. The van der Waals surface area contributed by atoms with Crippen LogP contribution in [0.4, 0.5) is 9.59 Å². The molecule has 8 nitrogen and oxygen atoms in total. The monoisotopic (exact) mass is 428 g/mol. The van der Waals surface area contributed by atoms with Crippen molar-refractivity contribution in [3.05, 3.63) is 0 Å². The highest BCUT2D eigenvalue weighted by molar-refractivity contribution is 5.68. The number of carbonyl (C=O) groups is 2. The molecule has 8 heteroatoms. The highest BCUT2D eigenvalue weighted by Crippen LogP contribution is 2.45. The van der Waals surface area contributed by atoms with Crippen molar-refractivity contribution in [1.29, 1.82) is 0 Å². The van der Waals surface area contributed by atoms with Crippen LogP contribution in [0.1, 0.15) is 52.9 Å². The molecule has 1 fully saturated rings. The molecule has 2 unspecified atom stereocenters. The van der Waals surface area contributed by atoms with E-state index in [-0.39, 0.29) is 29.1 Å². The van der Waals surface area contributed by atoms with E-state index in [1.807, 2.05) is 28.2 Å². The van der Waals surface area contributed by atoms with E-state index in [2.05, 4.69) is 41.2 Å². The van der Waals surface area contributed by atoms with Gasteiger partial charge in [0.25, 0.3) is 0 Å². The summed E-state index contributed by atoms with van der Waals surface area (Å²) in [6, 6.07) is 0.0259. The van der Waals surface area contributed by atoms with E-state index in [4.69, 9.17) is 9.47 Å². The molecule has 2 atom stereocenters. The van der Waals surface area contributed by atoms with E-state index in [9.17, 15) is 9.59 Å². The number of ether oxygens (including phenoxy) is 2. The maximum absolute atomic E-state index is 12.2. The number of alkyl carbamates (subject to hydrolysis) is 2. The van der Waals surface area contributed by atoms with Crippen molar-refractivity contribution in [3.63, 3.8) is 0 Å². The Morgan fingerprint density at radius 3 is 1.97 bits per heavy atom. The molecule has 0 aromatic heterocycles. The van der Waals surface area contributed by atoms with Crippen LogP contribution in [0.3, 0.4) is 0 Å². The summed E-state index contributed by atoms with van der Waals surface area (Å²) in [7, 11) is 7.99. The molecule has 1 aliphatic rings. The van der Waals surface area contributed by atoms with E-state index in [1.165, 1.54) is 0 Å². The number of nitrogens with one attached hydrogen (secondary N) is 2. The molecular formula is C22H44N4O4. The first kappa shape index (κ1) is 26.5. The zero-order valence-corrected chi connectivity index (χ0v) is 20.2. The average Bonchev–Trinajstić information content (AvgIpc) is 2.58. The van der Waals surface area contributed by atoms with Gasteiger partial charge in [-0.2, -0.15) is 0 Å². The smallest absolute Gasteiger partial charge is 0.407 e. The molecule has 1 rings (SSSR count). The Kier molecular flexibility index (Phi) is 10.9. The quantitative estimate of drug-likeness (QED) is 0.493. The second-order valence-corrected chi connectivity index (χ2v) is 10.3. The summed E-state index contributed by atoms with van der Waals surface area (Å²) in [6.07, 6.45) is 3.56. The molecule has 0 radical (unpaired) electrons. The maximum Gasteiger partial charge on any atom is 0.407 e. The first-order valence-corrected chi connectivity index (χ1v) is 11.0. The van der Waals surface area contributed by atoms with Crippen LogP contribution >= 0.6 is 0 Å². The highest BCUT2D eigenvalue weighted by atomic mass is 16.6. The molecule has 2 amide bonds. The summed E-state index contributed by atoms with van der Waals surface area (Å²) in [5, 5.41) is 5.96. The maximum atomic E-state index is 12.2. The average molecular weight is 429 g/mol. The van der Waals surface area contributed by atoms with Crippen molar-refractivity contribution in [2.24, 2.45) is 10.8 Å². The van der Waals surface area contributed by atoms with Gasteiger partial charge >= 0.3 is 12.2 Å². The fourth-order valence-electron chi connectivity index (χ4n) is 4.51. The normalized spacial score (nSPS) is 23.3. The van der Waals surface area contributed by atoms with Gasteiger partial charge in [0.05, 0.1) is 13.2 Å². The largest absolute Gasteiger partial charge is 0.450 e. The van der Waals surface area contributed by atoms with Gasteiger partial charge in [0.2, 0.25) is 0 Å². The van der Waals surface area contributed by atoms with Gasteiger partial charge in [-0.15, -0.1) is 0 Å².